The number of ether oxygens (including phenoxy) is 4. The summed E-state index contributed by atoms with van der Waals surface area (Å²) in [5.74, 6) is -0.571. The molecule has 6 atom stereocenters. The Morgan fingerprint density at radius 2 is 0.543 bits per heavy atom. The number of phosphoric ester groups is 2. The fraction of sp³-hybridized carbons (Fsp3) is 0.947. The van der Waals surface area contributed by atoms with E-state index in [2.05, 4.69) is 41.5 Å². The largest absolute Gasteiger partial charge is 0.472 e. The highest BCUT2D eigenvalue weighted by Gasteiger charge is 2.30. The Morgan fingerprint density at radius 3 is 0.809 bits per heavy atom. The highest BCUT2D eigenvalue weighted by Crippen LogP contribution is 2.45. The molecule has 0 radical (unpaired) electrons. The van der Waals surface area contributed by atoms with E-state index in [1.807, 2.05) is 0 Å². The molecule has 0 aliphatic carbocycles. The van der Waals surface area contributed by atoms with Crippen molar-refractivity contribution in [3.8, 4) is 0 Å². The molecular formula is C75H146O17P2. The summed E-state index contributed by atoms with van der Waals surface area (Å²) in [6.45, 7) is 9.60. The first-order chi connectivity index (χ1) is 45.4. The molecule has 3 unspecified atom stereocenters. The summed E-state index contributed by atoms with van der Waals surface area (Å²) in [7, 11) is -9.91. The van der Waals surface area contributed by atoms with Gasteiger partial charge >= 0.3 is 39.5 Å². The number of unbranched alkanes of at least 4 members (excludes halogenated alkanes) is 43. The Balaban J connectivity index is 5.27. The molecule has 0 aliphatic rings. The summed E-state index contributed by atoms with van der Waals surface area (Å²) < 4.78 is 68.5. The van der Waals surface area contributed by atoms with Gasteiger partial charge in [0.15, 0.2) is 12.2 Å². The van der Waals surface area contributed by atoms with E-state index < -0.39 is 97.5 Å². The number of aliphatic hydroxyl groups is 1. The van der Waals surface area contributed by atoms with Gasteiger partial charge in [-0.3, -0.25) is 37.3 Å². The van der Waals surface area contributed by atoms with Gasteiger partial charge in [0.05, 0.1) is 26.4 Å². The van der Waals surface area contributed by atoms with Crippen LogP contribution < -0.4 is 0 Å². The van der Waals surface area contributed by atoms with Crippen LogP contribution in [0.25, 0.3) is 0 Å². The van der Waals surface area contributed by atoms with E-state index in [1.54, 1.807) is 0 Å². The molecule has 0 amide bonds. The van der Waals surface area contributed by atoms with E-state index in [1.165, 1.54) is 205 Å². The van der Waals surface area contributed by atoms with Crippen LogP contribution in [0.5, 0.6) is 0 Å². The lowest BCUT2D eigenvalue weighted by atomic mass is 9.99. The van der Waals surface area contributed by atoms with Gasteiger partial charge < -0.3 is 33.8 Å². The summed E-state index contributed by atoms with van der Waals surface area (Å²) >= 11 is 0. The first-order valence-corrected chi connectivity index (χ1v) is 42.0. The summed E-state index contributed by atoms with van der Waals surface area (Å²) in [5.41, 5.74) is 0. The number of rotatable bonds is 74. The Morgan fingerprint density at radius 1 is 0.309 bits per heavy atom. The predicted octanol–water partition coefficient (Wildman–Crippen LogP) is 21.9. The van der Waals surface area contributed by atoms with Gasteiger partial charge in [0, 0.05) is 25.7 Å². The summed E-state index contributed by atoms with van der Waals surface area (Å²) in [6, 6.07) is 0. The highest BCUT2D eigenvalue weighted by molar-refractivity contribution is 7.47. The van der Waals surface area contributed by atoms with Crippen LogP contribution in [0.3, 0.4) is 0 Å². The molecule has 0 saturated carbocycles. The third kappa shape index (κ3) is 67.3. The third-order valence-corrected chi connectivity index (χ3v) is 19.7. The lowest BCUT2D eigenvalue weighted by Crippen LogP contribution is -2.30. The van der Waals surface area contributed by atoms with Crippen LogP contribution in [-0.4, -0.2) is 96.7 Å². The number of esters is 4. The molecule has 0 aromatic heterocycles. The number of hydrogen-bond donors (Lipinski definition) is 3. The van der Waals surface area contributed by atoms with Gasteiger partial charge in [-0.1, -0.05) is 337 Å². The molecule has 0 spiro atoms. The number of phosphoric acid groups is 2. The van der Waals surface area contributed by atoms with Gasteiger partial charge in [0.1, 0.15) is 19.3 Å². The van der Waals surface area contributed by atoms with E-state index in [4.69, 9.17) is 37.0 Å². The van der Waals surface area contributed by atoms with Crippen LogP contribution >= 0.6 is 15.6 Å². The molecule has 19 heteroatoms. The van der Waals surface area contributed by atoms with Crippen molar-refractivity contribution < 1.29 is 80.2 Å². The van der Waals surface area contributed by atoms with Crippen LogP contribution in [0.1, 0.15) is 388 Å². The molecule has 17 nitrogen and oxygen atoms in total. The average molecular weight is 1380 g/mol. The molecule has 0 saturated heterocycles. The molecule has 0 heterocycles. The fourth-order valence-corrected chi connectivity index (χ4v) is 13.0. The second-order valence-corrected chi connectivity index (χ2v) is 30.7. The van der Waals surface area contributed by atoms with Crippen LogP contribution in [0, 0.1) is 11.8 Å². The van der Waals surface area contributed by atoms with Crippen LogP contribution in [0.2, 0.25) is 0 Å². The quantitative estimate of drug-likeness (QED) is 0.0222. The van der Waals surface area contributed by atoms with E-state index in [9.17, 15) is 43.2 Å². The standard InChI is InChI=1S/C75H146O17P2/c1-7-10-12-14-16-18-20-22-24-28-32-39-45-51-57-72(77)85-63-70(91-75(80)60-54-48-42-34-30-26-27-31-37-43-49-55-67(4)5)65-89-93(81,82)87-61-69(76)62-88-94(83,84)90-66-71(64-86-73(78)58-52-46-40-36-35-38-44-50-56-68(6)9-3)92-74(79)59-53-47-41-33-29-25-23-21-19-17-15-13-11-8-2/h67-71,76H,7-66H2,1-6H3,(H,81,82)(H,83,84)/t68?,69-,70-,71-/m1/s1. The normalized spacial score (nSPS) is 14.3. The van der Waals surface area contributed by atoms with E-state index in [0.29, 0.717) is 25.7 Å². The molecule has 0 aromatic rings. The maximum Gasteiger partial charge on any atom is 0.472 e. The minimum absolute atomic E-state index is 0.107. The number of carbonyl (C=O) groups excluding carboxylic acids is 4. The van der Waals surface area contributed by atoms with Crippen molar-refractivity contribution >= 4 is 39.5 Å². The summed E-state index contributed by atoms with van der Waals surface area (Å²) in [5, 5.41) is 10.6. The zero-order valence-electron chi connectivity index (χ0n) is 61.3. The minimum atomic E-state index is -4.96. The van der Waals surface area contributed by atoms with Gasteiger partial charge in [-0.2, -0.15) is 0 Å². The van der Waals surface area contributed by atoms with Crippen molar-refractivity contribution in [1.82, 2.24) is 0 Å². The summed E-state index contributed by atoms with van der Waals surface area (Å²) in [4.78, 5) is 72.8. The lowest BCUT2D eigenvalue weighted by molar-refractivity contribution is -0.161. The third-order valence-electron chi connectivity index (χ3n) is 17.8. The van der Waals surface area contributed by atoms with Crippen LogP contribution in [0.15, 0.2) is 0 Å². The molecule has 3 N–H and O–H groups in total. The number of aliphatic hydroxyl groups excluding tert-OH is 1. The maximum atomic E-state index is 13.1. The lowest BCUT2D eigenvalue weighted by Gasteiger charge is -2.21. The van der Waals surface area contributed by atoms with Gasteiger partial charge in [-0.05, 0) is 37.5 Å². The van der Waals surface area contributed by atoms with E-state index in [0.717, 1.165) is 102 Å². The predicted molar refractivity (Wildman–Crippen MR) is 381 cm³/mol. The Kier molecular flexibility index (Phi) is 65.5. The van der Waals surface area contributed by atoms with Crippen molar-refractivity contribution in [3.63, 3.8) is 0 Å². The molecule has 558 valence electrons. The molecule has 94 heavy (non-hydrogen) atoms. The molecule has 0 fully saturated rings. The smallest absolute Gasteiger partial charge is 0.462 e. The van der Waals surface area contributed by atoms with Crippen LogP contribution in [0.4, 0.5) is 0 Å². The highest BCUT2D eigenvalue weighted by atomic mass is 31.2. The second-order valence-electron chi connectivity index (χ2n) is 27.8. The molecule has 0 rings (SSSR count). The first-order valence-electron chi connectivity index (χ1n) is 39.0. The molecule has 0 aromatic carbocycles. The Labute approximate surface area is 575 Å². The van der Waals surface area contributed by atoms with Crippen molar-refractivity contribution in [1.29, 1.82) is 0 Å². The maximum absolute atomic E-state index is 13.1. The zero-order chi connectivity index (χ0) is 69.3. The average Bonchev–Trinajstić information content (AvgIpc) is 1.59. The van der Waals surface area contributed by atoms with Gasteiger partial charge in [-0.25, -0.2) is 9.13 Å². The summed E-state index contributed by atoms with van der Waals surface area (Å²) in [6.07, 6.45) is 53.9. The van der Waals surface area contributed by atoms with Crippen molar-refractivity contribution in [2.45, 2.75) is 407 Å². The van der Waals surface area contributed by atoms with Crippen molar-refractivity contribution in [2.24, 2.45) is 11.8 Å². The zero-order valence-corrected chi connectivity index (χ0v) is 63.1. The Bertz CT molecular complexity index is 1820. The first kappa shape index (κ1) is 92.1. The SMILES string of the molecule is CCCCCCCCCCCCCCCCC(=O)OC[C@H](COP(=O)(O)OC[C@@H](O)COP(=O)(O)OC[C@@H](COC(=O)CCCCCCCCCCC(C)CC)OC(=O)CCCCCCCCCCCCCCCC)OC(=O)CCCCCCCCCCCCCC(C)C. The molecule has 0 aliphatic heterocycles. The fourth-order valence-electron chi connectivity index (χ4n) is 11.4. The molecular weight excluding hydrogens is 1230 g/mol. The van der Waals surface area contributed by atoms with Crippen LogP contribution in [-0.2, 0) is 65.4 Å². The van der Waals surface area contributed by atoms with Gasteiger partial charge in [0.25, 0.3) is 0 Å². The van der Waals surface area contributed by atoms with Crippen molar-refractivity contribution in [2.75, 3.05) is 39.6 Å². The number of hydrogen-bond acceptors (Lipinski definition) is 15. The topological polar surface area (TPSA) is 237 Å². The minimum Gasteiger partial charge on any atom is -0.462 e. The Hall–Kier alpha value is -1.94. The van der Waals surface area contributed by atoms with Gasteiger partial charge in [0.2, 0.25) is 0 Å². The van der Waals surface area contributed by atoms with E-state index in [-0.39, 0.29) is 25.7 Å². The number of carbonyl (C=O) groups is 4. The molecule has 0 bridgehead atoms. The monoisotopic (exact) mass is 1380 g/mol. The van der Waals surface area contributed by atoms with Gasteiger partial charge in [-0.15, -0.1) is 0 Å². The van der Waals surface area contributed by atoms with E-state index >= 15 is 0 Å². The second kappa shape index (κ2) is 66.9. The van der Waals surface area contributed by atoms with Crippen molar-refractivity contribution in [3.05, 3.63) is 0 Å².